The summed E-state index contributed by atoms with van der Waals surface area (Å²) in [6.45, 7) is -0.0487. The van der Waals surface area contributed by atoms with Gasteiger partial charge >= 0.3 is 12.4 Å². The molecule has 1 heterocycles. The molecule has 0 aromatic heterocycles. The topological polar surface area (TPSA) is 66.6 Å². The van der Waals surface area contributed by atoms with Gasteiger partial charge in [-0.05, 0) is 45.1 Å². The van der Waals surface area contributed by atoms with Crippen molar-refractivity contribution < 1.29 is 36.2 Å². The summed E-state index contributed by atoms with van der Waals surface area (Å²) >= 11 is 0. The number of likely N-dealkylation sites (tertiary alicyclic amines) is 1. The quantitative estimate of drug-likeness (QED) is 0.741. The van der Waals surface area contributed by atoms with Gasteiger partial charge in [0, 0.05) is 12.0 Å². The molecule has 140 valence electrons. The summed E-state index contributed by atoms with van der Waals surface area (Å²) in [6, 6.07) is -2.60. The van der Waals surface area contributed by atoms with Gasteiger partial charge in [0.05, 0.1) is 0 Å². The summed E-state index contributed by atoms with van der Waals surface area (Å²) in [5, 5.41) is 9.64. The molecule has 2 fully saturated rings. The van der Waals surface area contributed by atoms with Crippen LogP contribution in [0.1, 0.15) is 38.5 Å². The number of amides is 1. The number of primary amides is 1. The zero-order valence-electron chi connectivity index (χ0n) is 12.8. The second-order valence-electron chi connectivity index (χ2n) is 6.68. The lowest BCUT2D eigenvalue weighted by Crippen LogP contribution is -2.58. The Kier molecular flexibility index (Phi) is 5.11. The number of piperidine rings is 1. The standard InChI is InChI=1S/C14H20F6N2O2/c15-13(16,17)10-7-8(11(21)23)3-6-22(10)9-1-4-12(24,5-2-9)14(18,19)20/h8-10,24H,1-7H2,(H2,21,23)/t8-,9?,10-,12?/m1/s1. The predicted molar refractivity (Wildman–Crippen MR) is 71.7 cm³/mol. The maximum absolute atomic E-state index is 13.3. The first-order valence-corrected chi connectivity index (χ1v) is 7.76. The van der Waals surface area contributed by atoms with Crippen molar-refractivity contribution in [1.82, 2.24) is 4.90 Å². The molecule has 0 aromatic carbocycles. The number of halogens is 6. The minimum atomic E-state index is -4.79. The molecule has 2 aliphatic rings. The molecule has 1 aliphatic carbocycles. The van der Waals surface area contributed by atoms with Crippen molar-refractivity contribution in [2.75, 3.05) is 6.54 Å². The molecule has 1 saturated heterocycles. The average molecular weight is 362 g/mol. The smallest absolute Gasteiger partial charge is 0.380 e. The molecule has 1 saturated carbocycles. The van der Waals surface area contributed by atoms with Crippen LogP contribution in [0.3, 0.4) is 0 Å². The van der Waals surface area contributed by atoms with Crippen LogP contribution in [0.25, 0.3) is 0 Å². The fourth-order valence-corrected chi connectivity index (χ4v) is 3.70. The van der Waals surface area contributed by atoms with Gasteiger partial charge in [-0.15, -0.1) is 0 Å². The van der Waals surface area contributed by atoms with Crippen LogP contribution < -0.4 is 5.73 Å². The fraction of sp³-hybridized carbons (Fsp3) is 0.929. The Morgan fingerprint density at radius 3 is 2.04 bits per heavy atom. The predicted octanol–water partition coefficient (Wildman–Crippen LogP) is 2.35. The number of alkyl halides is 6. The molecular formula is C14H20F6N2O2. The third-order valence-corrected chi connectivity index (χ3v) is 5.20. The Morgan fingerprint density at radius 1 is 1.08 bits per heavy atom. The highest BCUT2D eigenvalue weighted by Crippen LogP contribution is 2.44. The van der Waals surface area contributed by atoms with Crippen LogP contribution in [0.5, 0.6) is 0 Å². The maximum Gasteiger partial charge on any atom is 0.417 e. The van der Waals surface area contributed by atoms with Crippen molar-refractivity contribution in [1.29, 1.82) is 0 Å². The van der Waals surface area contributed by atoms with Gasteiger partial charge in [-0.2, -0.15) is 26.3 Å². The first-order valence-electron chi connectivity index (χ1n) is 7.76. The van der Waals surface area contributed by atoms with Gasteiger partial charge in [0.25, 0.3) is 0 Å². The molecule has 0 bridgehead atoms. The van der Waals surface area contributed by atoms with E-state index < -0.39 is 61.1 Å². The lowest BCUT2D eigenvalue weighted by Gasteiger charge is -2.47. The van der Waals surface area contributed by atoms with Gasteiger partial charge in [0.2, 0.25) is 5.91 Å². The lowest BCUT2D eigenvalue weighted by molar-refractivity contribution is -0.275. The van der Waals surface area contributed by atoms with E-state index >= 15 is 0 Å². The maximum atomic E-state index is 13.3. The van der Waals surface area contributed by atoms with Crippen molar-refractivity contribution in [3.8, 4) is 0 Å². The molecule has 2 atom stereocenters. The number of nitrogens with two attached hydrogens (primary N) is 1. The molecule has 0 radical (unpaired) electrons. The van der Waals surface area contributed by atoms with Gasteiger partial charge in [0.15, 0.2) is 5.60 Å². The third-order valence-electron chi connectivity index (χ3n) is 5.20. The van der Waals surface area contributed by atoms with Crippen molar-refractivity contribution in [2.24, 2.45) is 11.7 Å². The van der Waals surface area contributed by atoms with Gasteiger partial charge in [0.1, 0.15) is 6.04 Å². The minimum absolute atomic E-state index is 0.0487. The molecule has 1 aliphatic heterocycles. The molecule has 24 heavy (non-hydrogen) atoms. The molecule has 4 nitrogen and oxygen atoms in total. The number of carbonyl (C=O) groups is 1. The molecule has 0 aromatic rings. The third kappa shape index (κ3) is 3.79. The SMILES string of the molecule is NC(=O)[C@@H]1CCN(C2CCC(O)(C(F)(F)F)CC2)[C@@H](C(F)(F)F)C1. The number of nitrogens with zero attached hydrogens (tertiary/aromatic N) is 1. The second kappa shape index (κ2) is 6.36. The van der Waals surface area contributed by atoms with Gasteiger partial charge in [-0.3, -0.25) is 9.69 Å². The Bertz CT molecular complexity index is 471. The molecular weight excluding hydrogens is 342 g/mol. The molecule has 3 N–H and O–H groups in total. The van der Waals surface area contributed by atoms with Crippen LogP contribution in [-0.4, -0.2) is 52.5 Å². The van der Waals surface area contributed by atoms with Crippen LogP contribution >= 0.6 is 0 Å². The minimum Gasteiger partial charge on any atom is -0.380 e. The van der Waals surface area contributed by atoms with E-state index in [-0.39, 0.29) is 25.8 Å². The monoisotopic (exact) mass is 362 g/mol. The van der Waals surface area contributed by atoms with E-state index in [0.717, 1.165) is 4.90 Å². The van der Waals surface area contributed by atoms with E-state index in [0.29, 0.717) is 0 Å². The number of hydrogen-bond acceptors (Lipinski definition) is 3. The summed E-state index contributed by atoms with van der Waals surface area (Å²) < 4.78 is 78.3. The van der Waals surface area contributed by atoms with E-state index in [4.69, 9.17) is 5.73 Å². The number of rotatable bonds is 2. The highest BCUT2D eigenvalue weighted by molar-refractivity contribution is 5.76. The second-order valence-corrected chi connectivity index (χ2v) is 6.68. The number of hydrogen-bond donors (Lipinski definition) is 2. The van der Waals surface area contributed by atoms with Crippen molar-refractivity contribution in [3.05, 3.63) is 0 Å². The summed E-state index contributed by atoms with van der Waals surface area (Å²) in [5.41, 5.74) is 2.27. The molecule has 2 rings (SSSR count). The molecule has 0 unspecified atom stereocenters. The van der Waals surface area contributed by atoms with Crippen LogP contribution in [0, 0.1) is 5.92 Å². The largest absolute Gasteiger partial charge is 0.417 e. The highest BCUT2D eigenvalue weighted by atomic mass is 19.4. The lowest BCUT2D eigenvalue weighted by atomic mass is 9.79. The van der Waals surface area contributed by atoms with Crippen LogP contribution in [0.4, 0.5) is 26.3 Å². The van der Waals surface area contributed by atoms with Crippen molar-refractivity contribution >= 4 is 5.91 Å². The van der Waals surface area contributed by atoms with E-state index in [2.05, 4.69) is 0 Å². The van der Waals surface area contributed by atoms with Gasteiger partial charge in [-0.1, -0.05) is 0 Å². The fourth-order valence-electron chi connectivity index (χ4n) is 3.70. The van der Waals surface area contributed by atoms with E-state index in [1.807, 2.05) is 0 Å². The van der Waals surface area contributed by atoms with E-state index in [1.54, 1.807) is 0 Å². The van der Waals surface area contributed by atoms with Crippen molar-refractivity contribution in [2.45, 2.75) is 68.6 Å². The average Bonchev–Trinajstić information content (AvgIpc) is 2.45. The Morgan fingerprint density at radius 2 is 1.62 bits per heavy atom. The summed E-state index contributed by atoms with van der Waals surface area (Å²) in [6.07, 6.45) is -11.3. The summed E-state index contributed by atoms with van der Waals surface area (Å²) in [7, 11) is 0. The zero-order valence-corrected chi connectivity index (χ0v) is 12.8. The van der Waals surface area contributed by atoms with E-state index in [1.165, 1.54) is 0 Å². The summed E-state index contributed by atoms with van der Waals surface area (Å²) in [5.74, 6) is -1.68. The van der Waals surface area contributed by atoms with Gasteiger partial charge in [-0.25, -0.2) is 0 Å². The first kappa shape index (κ1) is 19.3. The van der Waals surface area contributed by atoms with Gasteiger partial charge < -0.3 is 10.8 Å². The zero-order chi connectivity index (χ0) is 18.3. The molecule has 10 heteroatoms. The first-order chi connectivity index (χ1) is 10.8. The van der Waals surface area contributed by atoms with Crippen LogP contribution in [0.2, 0.25) is 0 Å². The number of aliphatic hydroxyl groups is 1. The van der Waals surface area contributed by atoms with Crippen LogP contribution in [-0.2, 0) is 4.79 Å². The van der Waals surface area contributed by atoms with Crippen LogP contribution in [0.15, 0.2) is 0 Å². The van der Waals surface area contributed by atoms with E-state index in [9.17, 15) is 36.2 Å². The molecule has 1 amide bonds. The Balaban J connectivity index is 2.09. The highest BCUT2D eigenvalue weighted by Gasteiger charge is 2.56. The number of carbonyl (C=O) groups excluding carboxylic acids is 1. The normalized spacial score (nSPS) is 36.5. The van der Waals surface area contributed by atoms with Crippen molar-refractivity contribution in [3.63, 3.8) is 0 Å². The Labute approximate surface area is 135 Å². The molecule has 0 spiro atoms. The summed E-state index contributed by atoms with van der Waals surface area (Å²) in [4.78, 5) is 12.3. The Hall–Kier alpha value is -1.03.